The molecule has 4 rings (SSSR count). The summed E-state index contributed by atoms with van der Waals surface area (Å²) in [5.74, 6) is -1.19. The number of esters is 1. The molecular formula is C24H21FO6S. The Morgan fingerprint density at radius 2 is 1.72 bits per heavy atom. The van der Waals surface area contributed by atoms with Crippen LogP contribution in [-0.4, -0.2) is 20.1 Å². The highest BCUT2D eigenvalue weighted by Crippen LogP contribution is 2.36. The molecule has 0 radical (unpaired) electrons. The van der Waals surface area contributed by atoms with Crippen LogP contribution >= 0.6 is 0 Å². The average molecular weight is 456 g/mol. The Morgan fingerprint density at radius 1 is 1.03 bits per heavy atom. The molecule has 0 N–H and O–H groups in total. The first-order valence-corrected chi connectivity index (χ1v) is 11.7. The molecule has 0 bridgehead atoms. The van der Waals surface area contributed by atoms with Gasteiger partial charge in [0.15, 0.2) is 9.84 Å². The predicted octanol–water partition coefficient (Wildman–Crippen LogP) is 4.34. The van der Waals surface area contributed by atoms with Gasteiger partial charge in [-0.2, -0.15) is 0 Å². The normalized spacial score (nSPS) is 15.5. The van der Waals surface area contributed by atoms with E-state index < -0.39 is 27.9 Å². The Morgan fingerprint density at radius 3 is 2.44 bits per heavy atom. The van der Waals surface area contributed by atoms with Crippen molar-refractivity contribution in [2.75, 3.05) is 5.75 Å². The van der Waals surface area contributed by atoms with Crippen molar-refractivity contribution in [3.8, 4) is 5.75 Å². The monoisotopic (exact) mass is 456 g/mol. The van der Waals surface area contributed by atoms with Gasteiger partial charge in [-0.3, -0.25) is 4.79 Å². The number of fused-ring (bicyclic) bond motifs is 1. The van der Waals surface area contributed by atoms with E-state index >= 15 is 0 Å². The zero-order valence-corrected chi connectivity index (χ0v) is 17.9. The predicted molar refractivity (Wildman–Crippen MR) is 114 cm³/mol. The Bertz CT molecular complexity index is 1200. The van der Waals surface area contributed by atoms with Crippen LogP contribution in [-0.2, 0) is 37.3 Å². The molecular weight excluding hydrogens is 435 g/mol. The van der Waals surface area contributed by atoms with Crippen molar-refractivity contribution in [3.05, 3.63) is 95.3 Å². The zero-order valence-electron chi connectivity index (χ0n) is 17.1. The highest BCUT2D eigenvalue weighted by atomic mass is 32.2. The number of rotatable bonds is 7. The minimum absolute atomic E-state index is 0.142. The quantitative estimate of drug-likeness (QED) is 0.492. The number of hydrogen-bond donors (Lipinski definition) is 0. The Hall–Kier alpha value is -3.23. The highest BCUT2D eigenvalue weighted by molar-refractivity contribution is 7.91. The van der Waals surface area contributed by atoms with Gasteiger partial charge >= 0.3 is 5.97 Å². The first kappa shape index (κ1) is 22.0. The minimum Gasteiger partial charge on any atom is -0.461 e. The lowest BCUT2D eigenvalue weighted by Crippen LogP contribution is -2.20. The van der Waals surface area contributed by atoms with E-state index in [1.165, 1.54) is 24.3 Å². The fraction of sp³-hybridized carbons (Fsp3) is 0.208. The lowest BCUT2D eigenvalue weighted by Gasteiger charge is -2.28. The van der Waals surface area contributed by atoms with E-state index in [1.54, 1.807) is 18.2 Å². The van der Waals surface area contributed by atoms with E-state index in [1.807, 2.05) is 30.3 Å². The van der Waals surface area contributed by atoms with Gasteiger partial charge < -0.3 is 14.2 Å². The van der Waals surface area contributed by atoms with Crippen LogP contribution in [0, 0.1) is 5.82 Å². The van der Waals surface area contributed by atoms with E-state index in [0.29, 0.717) is 16.9 Å². The summed E-state index contributed by atoms with van der Waals surface area (Å²) in [6, 6.07) is 19.7. The van der Waals surface area contributed by atoms with Crippen molar-refractivity contribution in [2.45, 2.75) is 30.8 Å². The third-order valence-corrected chi connectivity index (χ3v) is 6.69. The highest BCUT2D eigenvalue weighted by Gasteiger charge is 2.26. The van der Waals surface area contributed by atoms with Crippen LogP contribution in [0.5, 0.6) is 5.75 Å². The third kappa shape index (κ3) is 5.15. The number of carbonyl (C=O) groups is 1. The topological polar surface area (TPSA) is 78.9 Å². The Labute approximate surface area is 185 Å². The number of ether oxygens (including phenoxy) is 3. The van der Waals surface area contributed by atoms with Gasteiger partial charge in [0.05, 0.1) is 23.7 Å². The van der Waals surface area contributed by atoms with E-state index in [0.717, 1.165) is 5.56 Å². The van der Waals surface area contributed by atoms with Crippen LogP contribution in [0.4, 0.5) is 4.39 Å². The lowest BCUT2D eigenvalue weighted by atomic mass is 10.1. The summed E-state index contributed by atoms with van der Waals surface area (Å²) in [6.45, 7) is -0.102. The van der Waals surface area contributed by atoms with Gasteiger partial charge in [-0.05, 0) is 24.3 Å². The molecule has 1 unspecified atom stereocenters. The lowest BCUT2D eigenvalue weighted by molar-refractivity contribution is -0.144. The first-order valence-electron chi connectivity index (χ1n) is 10.0. The van der Waals surface area contributed by atoms with Crippen LogP contribution in [0.2, 0.25) is 0 Å². The molecule has 0 spiro atoms. The molecule has 0 saturated carbocycles. The van der Waals surface area contributed by atoms with Crippen LogP contribution in [0.25, 0.3) is 0 Å². The SMILES string of the molecule is O=C(CCS(=O)(=O)c1ccccc1)OCc1cc(F)cc2c1OC(c1ccccc1)OC2. The fourth-order valence-electron chi connectivity index (χ4n) is 3.35. The van der Waals surface area contributed by atoms with Crippen molar-refractivity contribution < 1.29 is 31.8 Å². The van der Waals surface area contributed by atoms with Gasteiger partial charge in [-0.15, -0.1) is 0 Å². The Kier molecular flexibility index (Phi) is 6.53. The summed E-state index contributed by atoms with van der Waals surface area (Å²) >= 11 is 0. The summed E-state index contributed by atoms with van der Waals surface area (Å²) in [4.78, 5) is 12.3. The van der Waals surface area contributed by atoms with Gasteiger partial charge in [-0.1, -0.05) is 48.5 Å². The standard InChI is InChI=1S/C24H21FO6S/c25-20-13-18(15-29-22(26)11-12-32(27,28)21-9-5-2-6-10-21)23-19(14-20)16-30-24(31-23)17-7-3-1-4-8-17/h1-10,13-14,24H,11-12,15-16H2. The Balaban J connectivity index is 1.41. The van der Waals surface area contributed by atoms with Gasteiger partial charge in [-0.25, -0.2) is 12.8 Å². The second kappa shape index (κ2) is 9.50. The van der Waals surface area contributed by atoms with Crippen molar-refractivity contribution in [3.63, 3.8) is 0 Å². The molecule has 1 aliphatic heterocycles. The average Bonchev–Trinajstić information content (AvgIpc) is 2.82. The molecule has 0 aliphatic carbocycles. The van der Waals surface area contributed by atoms with Crippen molar-refractivity contribution in [2.24, 2.45) is 0 Å². The van der Waals surface area contributed by atoms with Gasteiger partial charge in [0.2, 0.25) is 6.29 Å². The maximum Gasteiger partial charge on any atom is 0.307 e. The summed E-state index contributed by atoms with van der Waals surface area (Å²) < 4.78 is 55.6. The summed E-state index contributed by atoms with van der Waals surface area (Å²) in [6.07, 6.45) is -0.981. The van der Waals surface area contributed by atoms with Gasteiger partial charge in [0.1, 0.15) is 18.2 Å². The van der Waals surface area contributed by atoms with Crippen LogP contribution in [0.15, 0.2) is 77.7 Å². The molecule has 32 heavy (non-hydrogen) atoms. The van der Waals surface area contributed by atoms with E-state index in [2.05, 4.69) is 0 Å². The number of benzene rings is 3. The molecule has 1 atom stereocenters. The second-order valence-electron chi connectivity index (χ2n) is 7.27. The van der Waals surface area contributed by atoms with Crippen LogP contribution < -0.4 is 4.74 Å². The van der Waals surface area contributed by atoms with E-state index in [4.69, 9.17) is 14.2 Å². The van der Waals surface area contributed by atoms with Gasteiger partial charge in [0.25, 0.3) is 0 Å². The van der Waals surface area contributed by atoms with Crippen molar-refractivity contribution in [1.82, 2.24) is 0 Å². The van der Waals surface area contributed by atoms with Crippen molar-refractivity contribution >= 4 is 15.8 Å². The summed E-state index contributed by atoms with van der Waals surface area (Å²) in [7, 11) is -3.60. The first-order chi connectivity index (χ1) is 15.4. The fourth-order valence-corrected chi connectivity index (χ4v) is 4.60. The molecule has 3 aromatic carbocycles. The molecule has 166 valence electrons. The maximum atomic E-state index is 14.1. The summed E-state index contributed by atoms with van der Waals surface area (Å²) in [5, 5.41) is 0. The van der Waals surface area contributed by atoms with E-state index in [9.17, 15) is 17.6 Å². The molecule has 3 aromatic rings. The van der Waals surface area contributed by atoms with Gasteiger partial charge in [0, 0.05) is 16.7 Å². The molecule has 8 heteroatoms. The molecule has 0 fully saturated rings. The van der Waals surface area contributed by atoms with Crippen molar-refractivity contribution in [1.29, 1.82) is 0 Å². The molecule has 1 heterocycles. The number of halogens is 1. The summed E-state index contributed by atoms with van der Waals surface area (Å²) in [5.41, 5.74) is 1.66. The molecule has 0 saturated heterocycles. The number of carbonyl (C=O) groups excluding carboxylic acids is 1. The molecule has 0 aromatic heterocycles. The largest absolute Gasteiger partial charge is 0.461 e. The number of hydrogen-bond acceptors (Lipinski definition) is 6. The van der Waals surface area contributed by atoms with Crippen LogP contribution in [0.1, 0.15) is 29.4 Å². The molecule has 6 nitrogen and oxygen atoms in total. The minimum atomic E-state index is -3.60. The van der Waals surface area contributed by atoms with Crippen LogP contribution in [0.3, 0.4) is 0 Å². The zero-order chi connectivity index (χ0) is 22.6. The number of sulfone groups is 1. The molecule has 1 aliphatic rings. The van der Waals surface area contributed by atoms with E-state index in [-0.39, 0.29) is 30.3 Å². The second-order valence-corrected chi connectivity index (χ2v) is 9.38. The molecule has 0 amide bonds. The maximum absolute atomic E-state index is 14.1. The smallest absolute Gasteiger partial charge is 0.307 e. The third-order valence-electron chi connectivity index (χ3n) is 4.96.